The summed E-state index contributed by atoms with van der Waals surface area (Å²) in [6.45, 7) is 3.11. The van der Waals surface area contributed by atoms with E-state index < -0.39 is 22.0 Å². The van der Waals surface area contributed by atoms with Crippen molar-refractivity contribution in [3.8, 4) is 0 Å². The van der Waals surface area contributed by atoms with Crippen LogP contribution in [0.1, 0.15) is 19.8 Å². The Hall–Kier alpha value is -3.52. The highest BCUT2D eigenvalue weighted by atomic mass is 16.5. The minimum Gasteiger partial charge on any atom is -0.397 e. The number of rotatable bonds is 6. The predicted octanol–water partition coefficient (Wildman–Crippen LogP) is 1.25. The molecule has 1 heterocycles. The summed E-state index contributed by atoms with van der Waals surface area (Å²) in [5.41, 5.74) is 9.83. The van der Waals surface area contributed by atoms with Crippen LogP contribution in [0.5, 0.6) is 0 Å². The minimum absolute atomic E-state index is 0.105. The standard InChI is InChI=1S/C22H21N3O5/c1-2-9-30-10-5-8-25-21(28)15-16(22(25)29)18(24)14-13(17(15)23)19(26)11-6-3-4-7-12(11)20(14)27/h3-4,6-7H,2,5,8-10,23-24H2,1H3. The molecule has 1 aromatic heterocycles. The Labute approximate surface area is 170 Å². The highest BCUT2D eigenvalue weighted by molar-refractivity contribution is 6.20. The molecule has 4 aromatic rings. The molecule has 0 aliphatic rings. The molecule has 0 spiro atoms. The van der Waals surface area contributed by atoms with E-state index in [0.29, 0.717) is 19.6 Å². The highest BCUT2D eigenvalue weighted by Gasteiger charge is 2.25. The van der Waals surface area contributed by atoms with Crippen molar-refractivity contribution < 1.29 is 4.74 Å². The lowest BCUT2D eigenvalue weighted by atomic mass is 9.97. The van der Waals surface area contributed by atoms with Crippen molar-refractivity contribution in [1.82, 2.24) is 4.57 Å². The van der Waals surface area contributed by atoms with Crippen molar-refractivity contribution in [2.75, 3.05) is 24.7 Å². The average molecular weight is 407 g/mol. The number of benzene rings is 3. The molecule has 3 aromatic carbocycles. The van der Waals surface area contributed by atoms with Crippen LogP contribution in [0, 0.1) is 0 Å². The summed E-state index contributed by atoms with van der Waals surface area (Å²) in [4.78, 5) is 52.0. The first kappa shape index (κ1) is 19.8. The fraction of sp³-hybridized carbons (Fsp3) is 0.273. The number of anilines is 2. The van der Waals surface area contributed by atoms with Gasteiger partial charge in [0, 0.05) is 30.5 Å². The molecular formula is C22H21N3O5. The lowest BCUT2D eigenvalue weighted by Gasteiger charge is -2.07. The van der Waals surface area contributed by atoms with Crippen molar-refractivity contribution in [2.24, 2.45) is 0 Å². The molecule has 0 aliphatic carbocycles. The Balaban J connectivity index is 2.04. The van der Waals surface area contributed by atoms with E-state index >= 15 is 0 Å². The van der Waals surface area contributed by atoms with Gasteiger partial charge in [-0.05, 0) is 12.8 Å². The number of hydrogen-bond donors (Lipinski definition) is 2. The topological polar surface area (TPSA) is 134 Å². The van der Waals surface area contributed by atoms with Crippen LogP contribution < -0.4 is 33.4 Å². The third-order valence-electron chi connectivity index (χ3n) is 5.38. The minimum atomic E-state index is -0.614. The van der Waals surface area contributed by atoms with Crippen LogP contribution in [0.4, 0.5) is 11.4 Å². The van der Waals surface area contributed by atoms with Gasteiger partial charge in [-0.1, -0.05) is 31.2 Å². The van der Waals surface area contributed by atoms with Gasteiger partial charge in [0.2, 0.25) is 0 Å². The zero-order valence-corrected chi connectivity index (χ0v) is 16.5. The van der Waals surface area contributed by atoms with Gasteiger partial charge in [-0.15, -0.1) is 0 Å². The van der Waals surface area contributed by atoms with Crippen LogP contribution in [0.25, 0.3) is 32.3 Å². The number of ether oxygens (including phenoxy) is 1. The van der Waals surface area contributed by atoms with Gasteiger partial charge in [0.05, 0.1) is 32.9 Å². The Kier molecular flexibility index (Phi) is 4.87. The molecule has 4 N–H and O–H groups in total. The number of nitrogen functional groups attached to an aromatic ring is 2. The molecule has 8 heteroatoms. The average Bonchev–Trinajstić information content (AvgIpc) is 2.99. The third kappa shape index (κ3) is 2.72. The first-order chi connectivity index (χ1) is 14.4. The van der Waals surface area contributed by atoms with Crippen LogP contribution in [0.15, 0.2) is 43.4 Å². The number of nitrogens with two attached hydrogens (primary N) is 2. The fourth-order valence-corrected chi connectivity index (χ4v) is 3.99. The van der Waals surface area contributed by atoms with Gasteiger partial charge in [-0.25, -0.2) is 0 Å². The maximum absolute atomic E-state index is 13.1. The van der Waals surface area contributed by atoms with Gasteiger partial charge in [-0.3, -0.25) is 23.7 Å². The monoisotopic (exact) mass is 407 g/mol. The Morgan fingerprint density at radius 1 is 0.800 bits per heavy atom. The largest absolute Gasteiger partial charge is 0.397 e. The normalized spacial score (nSPS) is 11.8. The molecule has 0 saturated heterocycles. The van der Waals surface area contributed by atoms with Crippen molar-refractivity contribution in [3.63, 3.8) is 0 Å². The first-order valence-corrected chi connectivity index (χ1v) is 9.77. The second-order valence-electron chi connectivity index (χ2n) is 7.26. The van der Waals surface area contributed by atoms with E-state index in [1.165, 1.54) is 12.1 Å². The number of fused-ring (bicyclic) bond motifs is 3. The predicted molar refractivity (Wildman–Crippen MR) is 119 cm³/mol. The smallest absolute Gasteiger partial charge is 0.263 e. The van der Waals surface area contributed by atoms with Gasteiger partial charge in [0.25, 0.3) is 11.1 Å². The van der Waals surface area contributed by atoms with E-state index in [0.717, 1.165) is 11.0 Å². The van der Waals surface area contributed by atoms with Crippen molar-refractivity contribution in [2.45, 2.75) is 26.3 Å². The summed E-state index contributed by atoms with van der Waals surface area (Å²) >= 11 is 0. The van der Waals surface area contributed by atoms with E-state index in [1.54, 1.807) is 12.1 Å². The molecule has 0 aliphatic heterocycles. The van der Waals surface area contributed by atoms with Crippen LogP contribution in [0.2, 0.25) is 0 Å². The van der Waals surface area contributed by atoms with E-state index in [4.69, 9.17) is 16.2 Å². The highest BCUT2D eigenvalue weighted by Crippen LogP contribution is 2.31. The number of nitrogens with zero attached hydrogens (tertiary/aromatic N) is 1. The van der Waals surface area contributed by atoms with Crippen LogP contribution in [-0.4, -0.2) is 17.8 Å². The molecule has 4 rings (SSSR count). The summed E-state index contributed by atoms with van der Waals surface area (Å²) in [6, 6.07) is 6.33. The molecule has 0 amide bonds. The Morgan fingerprint density at radius 3 is 1.77 bits per heavy atom. The fourth-order valence-electron chi connectivity index (χ4n) is 3.99. The van der Waals surface area contributed by atoms with Crippen molar-refractivity contribution in [3.05, 3.63) is 65.4 Å². The van der Waals surface area contributed by atoms with Crippen LogP contribution in [0.3, 0.4) is 0 Å². The molecule has 0 saturated carbocycles. The Morgan fingerprint density at radius 2 is 1.30 bits per heavy atom. The van der Waals surface area contributed by atoms with Crippen LogP contribution >= 0.6 is 0 Å². The first-order valence-electron chi connectivity index (χ1n) is 9.77. The summed E-state index contributed by atoms with van der Waals surface area (Å²) in [6.07, 6.45) is 1.32. The second kappa shape index (κ2) is 7.38. The van der Waals surface area contributed by atoms with Gasteiger partial charge < -0.3 is 16.2 Å². The van der Waals surface area contributed by atoms with Gasteiger partial charge >= 0.3 is 0 Å². The molecule has 0 unspecified atom stereocenters. The van der Waals surface area contributed by atoms with E-state index in [-0.39, 0.29) is 50.2 Å². The molecule has 154 valence electrons. The molecular weight excluding hydrogens is 386 g/mol. The summed E-state index contributed by atoms with van der Waals surface area (Å²) in [7, 11) is 0. The van der Waals surface area contributed by atoms with Crippen molar-refractivity contribution >= 4 is 43.7 Å². The SMILES string of the molecule is CCCOCCCn1c(=O)c2c(N)c3c(=O)c4ccccc4c(=O)c3c(N)c2c1=O. The molecule has 30 heavy (non-hydrogen) atoms. The Bertz CT molecular complexity index is 1400. The summed E-state index contributed by atoms with van der Waals surface area (Å²) in [5.74, 6) is 0. The summed E-state index contributed by atoms with van der Waals surface area (Å²) in [5, 5.41) is -0.0310. The van der Waals surface area contributed by atoms with Crippen molar-refractivity contribution in [1.29, 1.82) is 0 Å². The number of aromatic nitrogens is 1. The molecule has 0 atom stereocenters. The molecule has 0 fully saturated rings. The van der Waals surface area contributed by atoms with Gasteiger partial charge in [0.15, 0.2) is 10.9 Å². The van der Waals surface area contributed by atoms with Gasteiger partial charge in [0.1, 0.15) is 0 Å². The molecule has 8 nitrogen and oxygen atoms in total. The third-order valence-corrected chi connectivity index (χ3v) is 5.38. The van der Waals surface area contributed by atoms with Gasteiger partial charge in [-0.2, -0.15) is 0 Å². The number of hydrogen-bond acceptors (Lipinski definition) is 7. The zero-order valence-electron chi connectivity index (χ0n) is 16.5. The summed E-state index contributed by atoms with van der Waals surface area (Å²) < 4.78 is 6.44. The maximum atomic E-state index is 13.1. The molecule has 0 bridgehead atoms. The second-order valence-corrected chi connectivity index (χ2v) is 7.26. The lowest BCUT2D eigenvalue weighted by molar-refractivity contribution is 0.129. The zero-order chi connectivity index (χ0) is 21.6. The maximum Gasteiger partial charge on any atom is 0.263 e. The van der Waals surface area contributed by atoms with E-state index in [9.17, 15) is 19.2 Å². The lowest BCUT2D eigenvalue weighted by Crippen LogP contribution is -2.26. The molecule has 0 radical (unpaired) electrons. The van der Waals surface area contributed by atoms with E-state index in [2.05, 4.69) is 0 Å². The van der Waals surface area contributed by atoms with E-state index in [1.807, 2.05) is 6.92 Å². The van der Waals surface area contributed by atoms with Crippen LogP contribution in [-0.2, 0) is 11.3 Å². The quantitative estimate of drug-likeness (QED) is 0.212.